The normalized spacial score (nSPS) is 10.5. The van der Waals surface area contributed by atoms with Crippen LogP contribution in [0.1, 0.15) is 22.8 Å². The molecule has 0 saturated heterocycles. The smallest absolute Gasteiger partial charge is 0.261 e. The summed E-state index contributed by atoms with van der Waals surface area (Å²) >= 11 is 5.76. The fourth-order valence-corrected chi connectivity index (χ4v) is 2.78. The molecule has 0 aliphatic heterocycles. The number of carbonyl (C=O) groups is 1. The van der Waals surface area contributed by atoms with Crippen LogP contribution in [0.2, 0.25) is 5.02 Å². The van der Waals surface area contributed by atoms with Gasteiger partial charge in [0.1, 0.15) is 5.82 Å². The summed E-state index contributed by atoms with van der Waals surface area (Å²) in [5.41, 5.74) is 2.83. The number of aromatic nitrogens is 2. The number of nitrogens with zero attached hydrogens (tertiary/aromatic N) is 3. The average Bonchev–Trinajstić information content (AvgIpc) is 2.66. The van der Waals surface area contributed by atoms with Crippen LogP contribution in [0, 0.1) is 12.7 Å². The monoisotopic (exact) mass is 384 g/mol. The summed E-state index contributed by atoms with van der Waals surface area (Å²) in [6.45, 7) is 4.42. The lowest BCUT2D eigenvalue weighted by Crippen LogP contribution is -2.30. The Hall–Kier alpha value is -2.99. The average molecular weight is 385 g/mol. The Morgan fingerprint density at radius 2 is 1.93 bits per heavy atom. The van der Waals surface area contributed by atoms with Gasteiger partial charge in [-0.25, -0.2) is 14.4 Å². The van der Waals surface area contributed by atoms with E-state index in [2.05, 4.69) is 15.3 Å². The molecule has 0 fully saturated rings. The molecule has 2 aromatic carbocycles. The van der Waals surface area contributed by atoms with Gasteiger partial charge in [-0.1, -0.05) is 23.7 Å². The molecular formula is C20H18ClFN4O. The second-order valence-electron chi connectivity index (χ2n) is 5.94. The van der Waals surface area contributed by atoms with E-state index in [9.17, 15) is 9.18 Å². The van der Waals surface area contributed by atoms with Crippen LogP contribution >= 0.6 is 11.6 Å². The second-order valence-corrected chi connectivity index (χ2v) is 6.34. The zero-order valence-corrected chi connectivity index (χ0v) is 15.7. The van der Waals surface area contributed by atoms with E-state index in [1.807, 2.05) is 38.1 Å². The Kier molecular flexibility index (Phi) is 5.66. The van der Waals surface area contributed by atoms with Crippen molar-refractivity contribution in [2.24, 2.45) is 0 Å². The van der Waals surface area contributed by atoms with Gasteiger partial charge in [0, 0.05) is 30.3 Å². The number of carbonyl (C=O) groups excluding carboxylic acids is 1. The van der Waals surface area contributed by atoms with Crippen LogP contribution in [-0.4, -0.2) is 22.4 Å². The number of hydrogen-bond donors (Lipinski definition) is 1. The number of aryl methyl sites for hydroxylation is 1. The molecule has 0 atom stereocenters. The molecule has 1 amide bonds. The number of amides is 1. The third kappa shape index (κ3) is 4.41. The molecule has 1 N–H and O–H groups in total. The minimum atomic E-state index is -0.500. The maximum absolute atomic E-state index is 13.2. The van der Waals surface area contributed by atoms with Gasteiger partial charge < -0.3 is 10.2 Å². The molecule has 3 aromatic rings. The molecule has 0 radical (unpaired) electrons. The number of benzene rings is 2. The van der Waals surface area contributed by atoms with E-state index in [4.69, 9.17) is 11.6 Å². The zero-order chi connectivity index (χ0) is 19.4. The first-order chi connectivity index (χ1) is 13.0. The quantitative estimate of drug-likeness (QED) is 0.673. The van der Waals surface area contributed by atoms with Crippen LogP contribution in [0.15, 0.2) is 54.9 Å². The molecule has 27 heavy (non-hydrogen) atoms. The van der Waals surface area contributed by atoms with Crippen molar-refractivity contribution in [3.63, 3.8) is 0 Å². The van der Waals surface area contributed by atoms with Crippen molar-refractivity contribution in [2.45, 2.75) is 13.8 Å². The summed E-state index contributed by atoms with van der Waals surface area (Å²) in [4.78, 5) is 22.8. The van der Waals surface area contributed by atoms with Crippen LogP contribution < -0.4 is 10.2 Å². The van der Waals surface area contributed by atoms with E-state index in [-0.39, 0.29) is 16.9 Å². The van der Waals surface area contributed by atoms with Gasteiger partial charge in [-0.2, -0.15) is 0 Å². The molecule has 3 rings (SSSR count). The molecule has 0 aliphatic carbocycles. The SMILES string of the molecule is CCN(C(=O)c1cnc(Nc2ccc(F)c(Cl)c2)nc1)c1cccc(C)c1. The van der Waals surface area contributed by atoms with Gasteiger partial charge in [-0.05, 0) is 49.7 Å². The van der Waals surface area contributed by atoms with Gasteiger partial charge >= 0.3 is 0 Å². The van der Waals surface area contributed by atoms with Gasteiger partial charge in [-0.15, -0.1) is 0 Å². The van der Waals surface area contributed by atoms with Crippen LogP contribution in [0.25, 0.3) is 0 Å². The number of hydrogen-bond acceptors (Lipinski definition) is 4. The summed E-state index contributed by atoms with van der Waals surface area (Å²) < 4.78 is 13.2. The predicted octanol–water partition coefficient (Wildman–Crippen LogP) is 4.99. The van der Waals surface area contributed by atoms with E-state index >= 15 is 0 Å². The number of rotatable bonds is 5. The summed E-state index contributed by atoms with van der Waals surface area (Å²) in [7, 11) is 0. The van der Waals surface area contributed by atoms with Crippen molar-refractivity contribution >= 4 is 34.8 Å². The number of anilines is 3. The highest BCUT2D eigenvalue weighted by Crippen LogP contribution is 2.22. The Labute approximate surface area is 161 Å². The van der Waals surface area contributed by atoms with Gasteiger partial charge in [0.15, 0.2) is 0 Å². The Morgan fingerprint density at radius 1 is 1.19 bits per heavy atom. The van der Waals surface area contributed by atoms with Crippen LogP contribution in [0.4, 0.5) is 21.7 Å². The van der Waals surface area contributed by atoms with Crippen molar-refractivity contribution in [2.75, 3.05) is 16.8 Å². The molecule has 138 valence electrons. The molecule has 7 heteroatoms. The fourth-order valence-electron chi connectivity index (χ4n) is 2.60. The van der Waals surface area contributed by atoms with E-state index in [1.54, 1.807) is 4.90 Å². The third-order valence-corrected chi connectivity index (χ3v) is 4.24. The molecule has 0 aliphatic rings. The number of halogens is 2. The topological polar surface area (TPSA) is 58.1 Å². The molecule has 1 aromatic heterocycles. The highest BCUT2D eigenvalue weighted by atomic mass is 35.5. The molecule has 5 nitrogen and oxygen atoms in total. The highest BCUT2D eigenvalue weighted by Gasteiger charge is 2.17. The van der Waals surface area contributed by atoms with E-state index in [1.165, 1.54) is 30.6 Å². The summed E-state index contributed by atoms with van der Waals surface area (Å²) in [6, 6.07) is 12.0. The minimum absolute atomic E-state index is 0.00328. The number of nitrogens with one attached hydrogen (secondary N) is 1. The summed E-state index contributed by atoms with van der Waals surface area (Å²) in [6.07, 6.45) is 2.92. The first-order valence-electron chi connectivity index (χ1n) is 8.40. The maximum atomic E-state index is 13.2. The zero-order valence-electron chi connectivity index (χ0n) is 14.9. The van der Waals surface area contributed by atoms with Gasteiger partial charge in [0.2, 0.25) is 5.95 Å². The minimum Gasteiger partial charge on any atom is -0.324 e. The van der Waals surface area contributed by atoms with Crippen molar-refractivity contribution in [3.05, 3.63) is 76.8 Å². The molecule has 0 spiro atoms. The Morgan fingerprint density at radius 3 is 2.56 bits per heavy atom. The van der Waals surface area contributed by atoms with Crippen LogP contribution in [-0.2, 0) is 0 Å². The Bertz CT molecular complexity index is 962. The van der Waals surface area contributed by atoms with E-state index in [0.29, 0.717) is 17.8 Å². The molecule has 1 heterocycles. The molecule has 0 bridgehead atoms. The van der Waals surface area contributed by atoms with Crippen molar-refractivity contribution < 1.29 is 9.18 Å². The highest BCUT2D eigenvalue weighted by molar-refractivity contribution is 6.31. The molecule has 0 saturated carbocycles. The van der Waals surface area contributed by atoms with Gasteiger partial charge in [0.05, 0.1) is 10.6 Å². The van der Waals surface area contributed by atoms with Crippen LogP contribution in [0.3, 0.4) is 0 Å². The van der Waals surface area contributed by atoms with Crippen molar-refractivity contribution in [1.82, 2.24) is 9.97 Å². The lowest BCUT2D eigenvalue weighted by molar-refractivity contribution is 0.0987. The Balaban J connectivity index is 1.77. The van der Waals surface area contributed by atoms with E-state index < -0.39 is 5.82 Å². The van der Waals surface area contributed by atoms with Crippen LogP contribution in [0.5, 0.6) is 0 Å². The molecular weight excluding hydrogens is 367 g/mol. The standard InChI is InChI=1S/C20H18ClFN4O/c1-3-26(16-6-4-5-13(2)9-16)19(27)14-11-23-20(24-12-14)25-15-7-8-18(22)17(21)10-15/h4-12H,3H2,1-2H3,(H,23,24,25). The predicted molar refractivity (Wildman–Crippen MR) is 105 cm³/mol. The van der Waals surface area contributed by atoms with E-state index in [0.717, 1.165) is 11.3 Å². The van der Waals surface area contributed by atoms with Crippen molar-refractivity contribution in [3.8, 4) is 0 Å². The first kappa shape index (κ1) is 18.8. The first-order valence-corrected chi connectivity index (χ1v) is 8.78. The van der Waals surface area contributed by atoms with Gasteiger partial charge in [-0.3, -0.25) is 4.79 Å². The lowest BCUT2D eigenvalue weighted by Gasteiger charge is -2.21. The third-order valence-electron chi connectivity index (χ3n) is 3.95. The molecule has 0 unspecified atom stereocenters. The fraction of sp³-hybridized carbons (Fsp3) is 0.150. The second kappa shape index (κ2) is 8.14. The van der Waals surface area contributed by atoms with Crippen molar-refractivity contribution in [1.29, 1.82) is 0 Å². The lowest BCUT2D eigenvalue weighted by atomic mass is 10.2. The summed E-state index contributed by atoms with van der Waals surface area (Å²) in [5, 5.41) is 2.93. The summed E-state index contributed by atoms with van der Waals surface area (Å²) in [5.74, 6) is -0.396. The maximum Gasteiger partial charge on any atom is 0.261 e. The van der Waals surface area contributed by atoms with Gasteiger partial charge in [0.25, 0.3) is 5.91 Å². The largest absolute Gasteiger partial charge is 0.324 e.